The van der Waals surface area contributed by atoms with E-state index in [-0.39, 0.29) is 6.29 Å². The van der Waals surface area contributed by atoms with Gasteiger partial charge in [-0.3, -0.25) is 0 Å². The van der Waals surface area contributed by atoms with E-state index in [2.05, 4.69) is 6.07 Å². The van der Waals surface area contributed by atoms with E-state index in [9.17, 15) is 0 Å². The Labute approximate surface area is 151 Å². The zero-order chi connectivity index (χ0) is 17.9. The first kappa shape index (κ1) is 20.0. The SMILES string of the molecule is COc1cc(CN)cc(C)c1OCCCCCCOC1CCCCO1. The van der Waals surface area contributed by atoms with Gasteiger partial charge in [-0.1, -0.05) is 12.5 Å². The van der Waals surface area contributed by atoms with Crippen molar-refractivity contribution in [2.75, 3.05) is 26.9 Å². The Hall–Kier alpha value is -1.30. The summed E-state index contributed by atoms with van der Waals surface area (Å²) in [6.07, 6.45) is 7.85. The average molecular weight is 351 g/mol. The molecule has 1 saturated heterocycles. The van der Waals surface area contributed by atoms with Crippen LogP contribution in [0.2, 0.25) is 0 Å². The summed E-state index contributed by atoms with van der Waals surface area (Å²) >= 11 is 0. The molecule has 1 heterocycles. The second kappa shape index (κ2) is 11.3. The highest BCUT2D eigenvalue weighted by Crippen LogP contribution is 2.32. The molecule has 0 aromatic heterocycles. The molecule has 1 aromatic carbocycles. The van der Waals surface area contributed by atoms with Gasteiger partial charge in [0.05, 0.1) is 13.7 Å². The highest BCUT2D eigenvalue weighted by atomic mass is 16.7. The summed E-state index contributed by atoms with van der Waals surface area (Å²) in [5.41, 5.74) is 7.83. The first-order valence-electron chi connectivity index (χ1n) is 9.48. The van der Waals surface area contributed by atoms with Crippen LogP contribution in [0, 0.1) is 6.92 Å². The minimum Gasteiger partial charge on any atom is -0.493 e. The lowest BCUT2D eigenvalue weighted by atomic mass is 10.1. The zero-order valence-electron chi connectivity index (χ0n) is 15.7. The molecule has 0 bridgehead atoms. The molecule has 1 aliphatic rings. The molecule has 5 heteroatoms. The summed E-state index contributed by atoms with van der Waals surface area (Å²) in [6.45, 7) is 4.87. The van der Waals surface area contributed by atoms with Gasteiger partial charge in [-0.05, 0) is 62.6 Å². The van der Waals surface area contributed by atoms with Crippen molar-refractivity contribution in [1.29, 1.82) is 0 Å². The lowest BCUT2D eigenvalue weighted by Crippen LogP contribution is -2.22. The molecule has 0 radical (unpaired) electrons. The van der Waals surface area contributed by atoms with Crippen LogP contribution in [0.1, 0.15) is 56.1 Å². The average Bonchev–Trinajstić information content (AvgIpc) is 2.65. The van der Waals surface area contributed by atoms with Crippen LogP contribution in [-0.4, -0.2) is 33.2 Å². The van der Waals surface area contributed by atoms with Gasteiger partial charge in [-0.15, -0.1) is 0 Å². The third kappa shape index (κ3) is 6.84. The van der Waals surface area contributed by atoms with E-state index in [4.69, 9.17) is 24.7 Å². The summed E-state index contributed by atoms with van der Waals surface area (Å²) in [4.78, 5) is 0. The van der Waals surface area contributed by atoms with Crippen molar-refractivity contribution >= 4 is 0 Å². The van der Waals surface area contributed by atoms with Crippen molar-refractivity contribution in [1.82, 2.24) is 0 Å². The Morgan fingerprint density at radius 3 is 2.60 bits per heavy atom. The predicted octanol–water partition coefficient (Wildman–Crippen LogP) is 3.94. The fraction of sp³-hybridized carbons (Fsp3) is 0.700. The lowest BCUT2D eigenvalue weighted by molar-refractivity contribution is -0.162. The van der Waals surface area contributed by atoms with Crippen LogP contribution in [0.3, 0.4) is 0 Å². The van der Waals surface area contributed by atoms with Gasteiger partial charge in [0.15, 0.2) is 17.8 Å². The topological polar surface area (TPSA) is 62.9 Å². The number of hydrogen-bond donors (Lipinski definition) is 1. The van der Waals surface area contributed by atoms with Gasteiger partial charge in [0.2, 0.25) is 0 Å². The van der Waals surface area contributed by atoms with Crippen LogP contribution in [0.25, 0.3) is 0 Å². The van der Waals surface area contributed by atoms with Crippen molar-refractivity contribution in [3.05, 3.63) is 23.3 Å². The van der Waals surface area contributed by atoms with E-state index in [0.29, 0.717) is 13.2 Å². The summed E-state index contributed by atoms with van der Waals surface area (Å²) in [6, 6.07) is 4.01. The van der Waals surface area contributed by atoms with Gasteiger partial charge in [-0.2, -0.15) is 0 Å². The molecule has 0 amide bonds. The molecule has 2 N–H and O–H groups in total. The molecule has 0 spiro atoms. The summed E-state index contributed by atoms with van der Waals surface area (Å²) in [5, 5.41) is 0. The predicted molar refractivity (Wildman–Crippen MR) is 99.1 cm³/mol. The van der Waals surface area contributed by atoms with Crippen molar-refractivity contribution in [3.8, 4) is 11.5 Å². The molecule has 142 valence electrons. The molecule has 1 aromatic rings. The van der Waals surface area contributed by atoms with Gasteiger partial charge >= 0.3 is 0 Å². The first-order valence-corrected chi connectivity index (χ1v) is 9.48. The van der Waals surface area contributed by atoms with Gasteiger partial charge in [0, 0.05) is 19.8 Å². The number of methoxy groups -OCH3 is 1. The first-order chi connectivity index (χ1) is 12.2. The van der Waals surface area contributed by atoms with E-state index in [1.165, 1.54) is 12.8 Å². The van der Waals surface area contributed by atoms with Crippen molar-refractivity contribution in [2.24, 2.45) is 5.73 Å². The molecule has 5 nitrogen and oxygen atoms in total. The normalized spacial score (nSPS) is 17.5. The number of benzene rings is 1. The van der Waals surface area contributed by atoms with Crippen LogP contribution < -0.4 is 15.2 Å². The highest BCUT2D eigenvalue weighted by molar-refractivity contribution is 5.48. The monoisotopic (exact) mass is 351 g/mol. The molecule has 0 saturated carbocycles. The molecular formula is C20H33NO4. The number of unbranched alkanes of at least 4 members (excludes halogenated alkanes) is 3. The second-order valence-electron chi connectivity index (χ2n) is 6.58. The fourth-order valence-electron chi connectivity index (χ4n) is 3.06. The van der Waals surface area contributed by atoms with Crippen LogP contribution in [0.5, 0.6) is 11.5 Å². The van der Waals surface area contributed by atoms with Crippen molar-refractivity contribution in [3.63, 3.8) is 0 Å². The third-order valence-corrected chi connectivity index (χ3v) is 4.48. The fourth-order valence-corrected chi connectivity index (χ4v) is 3.06. The largest absolute Gasteiger partial charge is 0.493 e. The standard InChI is InChI=1S/C20H33NO4/c1-16-13-17(15-21)14-18(22-2)20(16)25-12-7-4-3-6-10-23-19-9-5-8-11-24-19/h13-14,19H,3-12,15,21H2,1-2H3. The number of nitrogens with two attached hydrogens (primary N) is 1. The van der Waals surface area contributed by atoms with Gasteiger partial charge < -0.3 is 24.7 Å². The van der Waals surface area contributed by atoms with Crippen LogP contribution >= 0.6 is 0 Å². The molecule has 1 unspecified atom stereocenters. The van der Waals surface area contributed by atoms with Crippen molar-refractivity contribution in [2.45, 2.75) is 64.7 Å². The highest BCUT2D eigenvalue weighted by Gasteiger charge is 2.13. The van der Waals surface area contributed by atoms with Crippen molar-refractivity contribution < 1.29 is 18.9 Å². The van der Waals surface area contributed by atoms with Crippen LogP contribution in [0.4, 0.5) is 0 Å². The number of ether oxygens (including phenoxy) is 4. The van der Waals surface area contributed by atoms with E-state index in [1.54, 1.807) is 7.11 Å². The maximum Gasteiger partial charge on any atom is 0.164 e. The zero-order valence-corrected chi connectivity index (χ0v) is 15.7. The lowest BCUT2D eigenvalue weighted by Gasteiger charge is -2.22. The number of hydrogen-bond acceptors (Lipinski definition) is 5. The summed E-state index contributed by atoms with van der Waals surface area (Å²) in [5.74, 6) is 1.60. The molecule has 1 aliphatic heterocycles. The van der Waals surface area contributed by atoms with Gasteiger partial charge in [-0.25, -0.2) is 0 Å². The molecule has 1 atom stereocenters. The van der Waals surface area contributed by atoms with E-state index in [1.807, 2.05) is 13.0 Å². The van der Waals surface area contributed by atoms with E-state index >= 15 is 0 Å². The van der Waals surface area contributed by atoms with Crippen LogP contribution in [-0.2, 0) is 16.0 Å². The number of aryl methyl sites for hydroxylation is 1. The Kier molecular flexibility index (Phi) is 9.08. The molecule has 1 fully saturated rings. The molecular weight excluding hydrogens is 318 g/mol. The maximum atomic E-state index is 5.94. The smallest absolute Gasteiger partial charge is 0.164 e. The quantitative estimate of drug-likeness (QED) is 0.612. The molecule has 2 rings (SSSR count). The molecule has 25 heavy (non-hydrogen) atoms. The Morgan fingerprint density at radius 1 is 1.12 bits per heavy atom. The minimum atomic E-state index is 0.0315. The summed E-state index contributed by atoms with van der Waals surface area (Å²) in [7, 11) is 1.66. The Morgan fingerprint density at radius 2 is 1.92 bits per heavy atom. The van der Waals surface area contributed by atoms with Gasteiger partial charge in [0.25, 0.3) is 0 Å². The Bertz CT molecular complexity index is 501. The maximum absolute atomic E-state index is 5.94. The summed E-state index contributed by atoms with van der Waals surface area (Å²) < 4.78 is 22.7. The Balaban J connectivity index is 1.58. The van der Waals surface area contributed by atoms with Crippen LogP contribution in [0.15, 0.2) is 12.1 Å². The van der Waals surface area contributed by atoms with Gasteiger partial charge in [0.1, 0.15) is 0 Å². The van der Waals surface area contributed by atoms with E-state index < -0.39 is 0 Å². The third-order valence-electron chi connectivity index (χ3n) is 4.48. The molecule has 0 aliphatic carbocycles. The van der Waals surface area contributed by atoms with E-state index in [0.717, 1.165) is 67.9 Å². The minimum absolute atomic E-state index is 0.0315. The number of rotatable bonds is 11. The second-order valence-corrected chi connectivity index (χ2v) is 6.58.